The Kier molecular flexibility index (Phi) is 5.70. The maximum atomic E-state index is 12.3. The zero-order chi connectivity index (χ0) is 16.1. The summed E-state index contributed by atoms with van der Waals surface area (Å²) in [4.78, 5) is 27.7. The van der Waals surface area contributed by atoms with Gasteiger partial charge in [0.05, 0.1) is 6.42 Å². The van der Waals surface area contributed by atoms with Gasteiger partial charge in [0.15, 0.2) is 0 Å². The van der Waals surface area contributed by atoms with Gasteiger partial charge in [-0.2, -0.15) is 0 Å². The second-order valence-electron chi connectivity index (χ2n) is 6.75. The van der Waals surface area contributed by atoms with E-state index in [4.69, 9.17) is 0 Å². The Bertz CT molecular complexity index is 515. The molecule has 1 aliphatic heterocycles. The number of carbonyl (C=O) groups is 2. The lowest BCUT2D eigenvalue weighted by Crippen LogP contribution is -2.48. The summed E-state index contributed by atoms with van der Waals surface area (Å²) in [6, 6.07) is 4.25. The van der Waals surface area contributed by atoms with Crippen LogP contribution < -0.4 is 5.32 Å². The lowest BCUT2D eigenvalue weighted by Gasteiger charge is -2.33. The van der Waals surface area contributed by atoms with Gasteiger partial charge >= 0.3 is 0 Å². The summed E-state index contributed by atoms with van der Waals surface area (Å²) in [5, 5.41) is 5.23. The molecule has 0 radical (unpaired) electrons. The molecule has 0 aromatic carbocycles. The van der Waals surface area contributed by atoms with Gasteiger partial charge in [-0.15, -0.1) is 11.3 Å². The second-order valence-corrected chi connectivity index (χ2v) is 7.79. The fraction of sp³-hybridized carbons (Fsp3) is 0.667. The van der Waals surface area contributed by atoms with E-state index in [1.165, 1.54) is 19.3 Å². The number of rotatable bonds is 4. The van der Waals surface area contributed by atoms with Crippen LogP contribution in [0.25, 0.3) is 0 Å². The molecule has 0 bridgehead atoms. The van der Waals surface area contributed by atoms with Crippen molar-refractivity contribution in [2.24, 2.45) is 5.92 Å². The molecule has 2 aliphatic rings. The van der Waals surface area contributed by atoms with Crippen molar-refractivity contribution < 1.29 is 9.59 Å². The van der Waals surface area contributed by atoms with Gasteiger partial charge in [-0.3, -0.25) is 9.59 Å². The zero-order valence-electron chi connectivity index (χ0n) is 13.6. The van der Waals surface area contributed by atoms with Crippen LogP contribution >= 0.6 is 11.3 Å². The number of piperidine rings is 1. The fourth-order valence-corrected chi connectivity index (χ4v) is 4.33. The molecule has 2 fully saturated rings. The van der Waals surface area contributed by atoms with Crippen molar-refractivity contribution in [2.45, 2.75) is 57.4 Å². The van der Waals surface area contributed by atoms with Crippen LogP contribution in [0.2, 0.25) is 0 Å². The van der Waals surface area contributed by atoms with Crippen molar-refractivity contribution in [1.29, 1.82) is 0 Å². The molecular weight excluding hydrogens is 308 g/mol. The molecular formula is C18H26N2O2S. The molecule has 1 aromatic heterocycles. The quantitative estimate of drug-likeness (QED) is 0.920. The number of likely N-dealkylation sites (tertiary alicyclic amines) is 1. The van der Waals surface area contributed by atoms with Crippen LogP contribution in [0, 0.1) is 5.92 Å². The molecule has 4 nitrogen and oxygen atoms in total. The molecule has 0 unspecified atom stereocenters. The highest BCUT2D eigenvalue weighted by Crippen LogP contribution is 2.24. The number of nitrogens with zero attached hydrogens (tertiary/aromatic N) is 1. The van der Waals surface area contributed by atoms with Crippen molar-refractivity contribution in [2.75, 3.05) is 13.1 Å². The highest BCUT2D eigenvalue weighted by atomic mass is 32.1. The van der Waals surface area contributed by atoms with Gasteiger partial charge < -0.3 is 10.2 Å². The lowest BCUT2D eigenvalue weighted by molar-refractivity contribution is -0.131. The van der Waals surface area contributed by atoms with Gasteiger partial charge in [-0.05, 0) is 37.1 Å². The largest absolute Gasteiger partial charge is 0.353 e. The Morgan fingerprint density at radius 1 is 1.13 bits per heavy atom. The maximum absolute atomic E-state index is 12.3. The van der Waals surface area contributed by atoms with Crippen molar-refractivity contribution in [3.05, 3.63) is 22.4 Å². The first-order valence-electron chi connectivity index (χ1n) is 8.83. The number of hydrogen-bond acceptors (Lipinski definition) is 3. The van der Waals surface area contributed by atoms with Crippen LogP contribution in [0.3, 0.4) is 0 Å². The number of nitrogens with one attached hydrogen (secondary N) is 1. The van der Waals surface area contributed by atoms with E-state index in [9.17, 15) is 9.59 Å². The molecule has 2 amide bonds. The van der Waals surface area contributed by atoms with Crippen LogP contribution in [0.4, 0.5) is 0 Å². The molecule has 1 aliphatic carbocycles. The summed E-state index contributed by atoms with van der Waals surface area (Å²) in [6.07, 6.45) is 8.02. The van der Waals surface area contributed by atoms with Gasteiger partial charge in [0.25, 0.3) is 0 Å². The monoisotopic (exact) mass is 334 g/mol. The predicted molar refractivity (Wildman–Crippen MR) is 92.3 cm³/mol. The first-order chi connectivity index (χ1) is 11.2. The first kappa shape index (κ1) is 16.5. The highest BCUT2D eigenvalue weighted by Gasteiger charge is 2.27. The molecule has 0 atom stereocenters. The SMILES string of the molecule is O=C(NC1CCN(C(=O)Cc2cccs2)CC1)C1CCCCC1. The maximum Gasteiger partial charge on any atom is 0.227 e. The Morgan fingerprint density at radius 3 is 2.52 bits per heavy atom. The van der Waals surface area contributed by atoms with E-state index in [1.807, 2.05) is 22.4 Å². The summed E-state index contributed by atoms with van der Waals surface area (Å²) >= 11 is 1.64. The topological polar surface area (TPSA) is 49.4 Å². The van der Waals surface area contributed by atoms with E-state index in [1.54, 1.807) is 11.3 Å². The minimum Gasteiger partial charge on any atom is -0.353 e. The summed E-state index contributed by atoms with van der Waals surface area (Å²) in [7, 11) is 0. The van der Waals surface area contributed by atoms with Crippen molar-refractivity contribution in [3.63, 3.8) is 0 Å². The third-order valence-electron chi connectivity index (χ3n) is 5.08. The minimum absolute atomic E-state index is 0.213. The van der Waals surface area contributed by atoms with Gasteiger partial charge in [0.1, 0.15) is 0 Å². The predicted octanol–water partition coefficient (Wildman–Crippen LogP) is 2.98. The smallest absolute Gasteiger partial charge is 0.227 e. The van der Waals surface area contributed by atoms with Crippen LogP contribution in [-0.2, 0) is 16.0 Å². The van der Waals surface area contributed by atoms with Crippen LogP contribution in [0.1, 0.15) is 49.8 Å². The van der Waals surface area contributed by atoms with E-state index in [-0.39, 0.29) is 23.8 Å². The average Bonchev–Trinajstić information content (AvgIpc) is 3.09. The third-order valence-corrected chi connectivity index (χ3v) is 5.95. The molecule has 1 aromatic rings. The van der Waals surface area contributed by atoms with Gasteiger partial charge in [-0.1, -0.05) is 25.3 Å². The fourth-order valence-electron chi connectivity index (χ4n) is 3.63. The second kappa shape index (κ2) is 7.95. The van der Waals surface area contributed by atoms with Crippen molar-refractivity contribution in [3.8, 4) is 0 Å². The van der Waals surface area contributed by atoms with E-state index in [0.717, 1.165) is 43.6 Å². The molecule has 5 heteroatoms. The van der Waals surface area contributed by atoms with E-state index < -0.39 is 0 Å². The number of thiophene rings is 1. The summed E-state index contributed by atoms with van der Waals surface area (Å²) in [5.74, 6) is 0.680. The van der Waals surface area contributed by atoms with Crippen LogP contribution in [0.15, 0.2) is 17.5 Å². The van der Waals surface area contributed by atoms with Crippen LogP contribution in [0.5, 0.6) is 0 Å². The van der Waals surface area contributed by atoms with Crippen molar-refractivity contribution in [1.82, 2.24) is 10.2 Å². The molecule has 126 valence electrons. The molecule has 0 spiro atoms. The first-order valence-corrected chi connectivity index (χ1v) is 9.71. The highest BCUT2D eigenvalue weighted by molar-refractivity contribution is 7.10. The van der Waals surface area contributed by atoms with Gasteiger partial charge in [-0.25, -0.2) is 0 Å². The number of amides is 2. The molecule has 1 saturated carbocycles. The van der Waals surface area contributed by atoms with Gasteiger partial charge in [0.2, 0.25) is 11.8 Å². The molecule has 2 heterocycles. The van der Waals surface area contributed by atoms with Gasteiger partial charge in [0, 0.05) is 29.9 Å². The molecule has 23 heavy (non-hydrogen) atoms. The number of hydrogen-bond donors (Lipinski definition) is 1. The minimum atomic E-state index is 0.213. The Morgan fingerprint density at radius 2 is 1.87 bits per heavy atom. The molecule has 1 N–H and O–H groups in total. The lowest BCUT2D eigenvalue weighted by atomic mass is 9.88. The normalized spacial score (nSPS) is 20.4. The summed E-state index contributed by atoms with van der Waals surface area (Å²) in [6.45, 7) is 1.53. The third kappa shape index (κ3) is 4.56. The molecule has 1 saturated heterocycles. The Hall–Kier alpha value is -1.36. The standard InChI is InChI=1S/C18H26N2O2S/c21-17(13-16-7-4-12-23-16)20-10-8-15(9-11-20)19-18(22)14-5-2-1-3-6-14/h4,7,12,14-15H,1-3,5-6,8-11,13H2,(H,19,22). The summed E-state index contributed by atoms with van der Waals surface area (Å²) < 4.78 is 0. The summed E-state index contributed by atoms with van der Waals surface area (Å²) in [5.41, 5.74) is 0. The van der Waals surface area contributed by atoms with Crippen molar-refractivity contribution >= 4 is 23.2 Å². The van der Waals surface area contributed by atoms with E-state index in [0.29, 0.717) is 6.42 Å². The van der Waals surface area contributed by atoms with E-state index >= 15 is 0 Å². The number of carbonyl (C=O) groups excluding carboxylic acids is 2. The van der Waals surface area contributed by atoms with E-state index in [2.05, 4.69) is 5.32 Å². The Balaban J connectivity index is 1.41. The van der Waals surface area contributed by atoms with Crippen LogP contribution in [-0.4, -0.2) is 35.8 Å². The molecule has 3 rings (SSSR count). The zero-order valence-corrected chi connectivity index (χ0v) is 14.4. The average molecular weight is 334 g/mol. The Labute approximate surface area is 142 Å².